The molecule has 138 valence electrons. The van der Waals surface area contributed by atoms with Gasteiger partial charge in [-0.15, -0.1) is 5.10 Å². The lowest BCUT2D eigenvalue weighted by molar-refractivity contribution is 0.393. The fraction of sp³-hybridized carbons (Fsp3) is 0.429. The van der Waals surface area contributed by atoms with Crippen LogP contribution in [0.1, 0.15) is 24.8 Å². The number of nitrogens with one attached hydrogen (secondary N) is 1. The summed E-state index contributed by atoms with van der Waals surface area (Å²) >= 11 is 0. The van der Waals surface area contributed by atoms with Gasteiger partial charge in [0.25, 0.3) is 0 Å². The van der Waals surface area contributed by atoms with Crippen molar-refractivity contribution < 1.29 is 25.6 Å². The highest BCUT2D eigenvalue weighted by Crippen LogP contribution is 2.17. The molecule has 0 amide bonds. The summed E-state index contributed by atoms with van der Waals surface area (Å²) in [5.74, 6) is -1.17. The van der Waals surface area contributed by atoms with Crippen molar-refractivity contribution in [2.24, 2.45) is 0 Å². The average molecular weight is 391 g/mol. The first-order chi connectivity index (χ1) is 11.7. The summed E-state index contributed by atoms with van der Waals surface area (Å²) in [5.41, 5.74) is 0.0104. The lowest BCUT2D eigenvalue weighted by atomic mass is 10.2. The number of aromatic nitrogens is 2. The Kier molecular flexibility index (Phi) is 6.25. The van der Waals surface area contributed by atoms with Crippen molar-refractivity contribution in [2.75, 3.05) is 12.3 Å². The first-order valence-corrected chi connectivity index (χ1v) is 10.8. The molecule has 0 unspecified atom stereocenters. The second kappa shape index (κ2) is 8.02. The first kappa shape index (κ1) is 19.5. The lowest BCUT2D eigenvalue weighted by Crippen LogP contribution is -2.26. The number of sulfone groups is 1. The van der Waals surface area contributed by atoms with E-state index in [1.54, 1.807) is 0 Å². The van der Waals surface area contributed by atoms with E-state index >= 15 is 0 Å². The summed E-state index contributed by atoms with van der Waals surface area (Å²) in [4.78, 5) is 0. The summed E-state index contributed by atoms with van der Waals surface area (Å²) in [5, 5.41) is 6.54. The summed E-state index contributed by atoms with van der Waals surface area (Å²) in [6, 6.07) is 5.53. The maximum absolute atomic E-state index is 13.6. The molecular weight excluding hydrogens is 373 g/mol. The van der Waals surface area contributed by atoms with Crippen LogP contribution in [0, 0.1) is 5.82 Å². The van der Waals surface area contributed by atoms with Crippen LogP contribution in [0.5, 0.6) is 0 Å². The van der Waals surface area contributed by atoms with Crippen molar-refractivity contribution in [3.63, 3.8) is 0 Å². The fourth-order valence-electron chi connectivity index (χ4n) is 1.92. The molecule has 0 radical (unpaired) electrons. The molecule has 0 aliphatic carbocycles. The zero-order chi connectivity index (χ0) is 18.5. The van der Waals surface area contributed by atoms with E-state index in [0.717, 1.165) is 0 Å². The molecule has 0 saturated carbocycles. The summed E-state index contributed by atoms with van der Waals surface area (Å²) < 4.78 is 68.0. The normalized spacial score (nSPS) is 12.4. The molecule has 0 aliphatic rings. The lowest BCUT2D eigenvalue weighted by Gasteiger charge is -2.02. The van der Waals surface area contributed by atoms with Crippen LogP contribution in [0.3, 0.4) is 0 Å². The third kappa shape index (κ3) is 5.58. The minimum atomic E-state index is -3.96. The molecule has 1 aromatic heterocycles. The zero-order valence-electron chi connectivity index (χ0n) is 13.5. The smallest absolute Gasteiger partial charge is 0.335 e. The van der Waals surface area contributed by atoms with Crippen LogP contribution in [0.15, 0.2) is 33.9 Å². The second-order valence-corrected chi connectivity index (χ2v) is 9.18. The summed E-state index contributed by atoms with van der Waals surface area (Å²) in [6.45, 7) is 1.70. The van der Waals surface area contributed by atoms with Gasteiger partial charge in [0.05, 0.1) is 11.5 Å². The standard InChI is InChI=1S/C14H18FN3O5S2/c1-2-25(21,22)16-9-5-8-13-17-18-14(23-13)24(19,20)10-11-6-3-4-7-12(11)15/h3-4,6-7,16H,2,5,8-10H2,1H3. The number of rotatable bonds is 9. The molecule has 0 spiro atoms. The highest BCUT2D eigenvalue weighted by atomic mass is 32.2. The fourth-order valence-corrected chi connectivity index (χ4v) is 3.73. The monoisotopic (exact) mass is 391 g/mol. The van der Waals surface area contributed by atoms with Gasteiger partial charge >= 0.3 is 5.22 Å². The predicted octanol–water partition coefficient (Wildman–Crippen LogP) is 1.05. The second-order valence-electron chi connectivity index (χ2n) is 5.21. The Morgan fingerprint density at radius 1 is 1.16 bits per heavy atom. The van der Waals surface area contributed by atoms with Crippen LogP contribution in [-0.4, -0.2) is 39.3 Å². The Labute approximate surface area is 145 Å². The minimum absolute atomic E-state index is 0.0104. The van der Waals surface area contributed by atoms with Gasteiger partial charge in [0, 0.05) is 18.5 Å². The Balaban J connectivity index is 1.97. The van der Waals surface area contributed by atoms with Gasteiger partial charge in [0.1, 0.15) is 5.82 Å². The molecule has 0 fully saturated rings. The molecule has 2 aromatic rings. The largest absolute Gasteiger partial charge is 0.413 e. The summed E-state index contributed by atoms with van der Waals surface area (Å²) in [6.07, 6.45) is 0.586. The third-order valence-corrected chi connectivity index (χ3v) is 6.08. The number of halogens is 1. The van der Waals surface area contributed by atoms with Crippen LogP contribution in [0.2, 0.25) is 0 Å². The van der Waals surface area contributed by atoms with Crippen molar-refractivity contribution in [3.8, 4) is 0 Å². The SMILES string of the molecule is CCS(=O)(=O)NCCCc1nnc(S(=O)(=O)Cc2ccccc2F)o1. The topological polar surface area (TPSA) is 119 Å². The average Bonchev–Trinajstić information content (AvgIpc) is 3.04. The van der Waals surface area contributed by atoms with Crippen molar-refractivity contribution >= 4 is 19.9 Å². The molecule has 1 aromatic carbocycles. The van der Waals surface area contributed by atoms with Crippen molar-refractivity contribution in [1.82, 2.24) is 14.9 Å². The molecule has 0 aliphatic heterocycles. The number of benzene rings is 1. The van der Waals surface area contributed by atoms with Gasteiger partial charge in [-0.3, -0.25) is 0 Å². The van der Waals surface area contributed by atoms with E-state index in [1.165, 1.54) is 31.2 Å². The van der Waals surface area contributed by atoms with Gasteiger partial charge in [-0.1, -0.05) is 23.3 Å². The van der Waals surface area contributed by atoms with Gasteiger partial charge in [0.15, 0.2) is 0 Å². The quantitative estimate of drug-likeness (QED) is 0.635. The molecule has 1 heterocycles. The third-order valence-electron chi connectivity index (χ3n) is 3.29. The number of hydrogen-bond acceptors (Lipinski definition) is 7. The first-order valence-electron chi connectivity index (χ1n) is 7.49. The minimum Gasteiger partial charge on any atom is -0.413 e. The van der Waals surface area contributed by atoms with Crippen LogP contribution in [-0.2, 0) is 32.0 Å². The van der Waals surface area contributed by atoms with Crippen LogP contribution in [0.25, 0.3) is 0 Å². The van der Waals surface area contributed by atoms with Gasteiger partial charge in [-0.05, 0) is 19.4 Å². The van der Waals surface area contributed by atoms with Crippen LogP contribution in [0.4, 0.5) is 4.39 Å². The van der Waals surface area contributed by atoms with E-state index in [9.17, 15) is 21.2 Å². The number of sulfonamides is 1. The van der Waals surface area contributed by atoms with E-state index in [1.807, 2.05) is 0 Å². The zero-order valence-corrected chi connectivity index (χ0v) is 15.1. The molecule has 0 saturated heterocycles. The molecule has 1 N–H and O–H groups in total. The molecule has 11 heteroatoms. The molecular formula is C14H18FN3O5S2. The Morgan fingerprint density at radius 2 is 1.88 bits per heavy atom. The highest BCUT2D eigenvalue weighted by Gasteiger charge is 2.24. The highest BCUT2D eigenvalue weighted by molar-refractivity contribution is 7.90. The Hall–Kier alpha value is -1.85. The Bertz CT molecular complexity index is 925. The van der Waals surface area contributed by atoms with Crippen molar-refractivity contribution in [1.29, 1.82) is 0 Å². The van der Waals surface area contributed by atoms with Gasteiger partial charge < -0.3 is 4.42 Å². The number of nitrogens with zero attached hydrogens (tertiary/aromatic N) is 2. The van der Waals surface area contributed by atoms with E-state index in [4.69, 9.17) is 4.42 Å². The van der Waals surface area contributed by atoms with E-state index in [0.29, 0.717) is 6.42 Å². The Morgan fingerprint density at radius 3 is 2.56 bits per heavy atom. The van der Waals surface area contributed by atoms with Crippen molar-refractivity contribution in [3.05, 3.63) is 41.5 Å². The maximum Gasteiger partial charge on any atom is 0.335 e. The molecule has 25 heavy (non-hydrogen) atoms. The number of aryl methyl sites for hydroxylation is 1. The molecule has 8 nitrogen and oxygen atoms in total. The molecule has 0 atom stereocenters. The molecule has 0 bridgehead atoms. The van der Waals surface area contributed by atoms with Crippen LogP contribution < -0.4 is 4.72 Å². The van der Waals surface area contributed by atoms with E-state index in [-0.39, 0.29) is 30.2 Å². The number of hydrogen-bond donors (Lipinski definition) is 1. The van der Waals surface area contributed by atoms with Crippen LogP contribution >= 0.6 is 0 Å². The van der Waals surface area contributed by atoms with Gasteiger partial charge in [-0.2, -0.15) is 0 Å². The van der Waals surface area contributed by atoms with Gasteiger partial charge in [0.2, 0.25) is 25.8 Å². The summed E-state index contributed by atoms with van der Waals surface area (Å²) in [7, 11) is -7.24. The van der Waals surface area contributed by atoms with Gasteiger partial charge in [-0.25, -0.2) is 25.9 Å². The van der Waals surface area contributed by atoms with E-state index < -0.39 is 36.7 Å². The predicted molar refractivity (Wildman–Crippen MR) is 87.4 cm³/mol. The van der Waals surface area contributed by atoms with Crippen molar-refractivity contribution in [2.45, 2.75) is 30.7 Å². The maximum atomic E-state index is 13.6. The molecule has 2 rings (SSSR count). The van der Waals surface area contributed by atoms with E-state index in [2.05, 4.69) is 14.9 Å².